The standard InChI is InChI=1S/C26H26Cl2F3N3O5S/c1-15-23(25(36)32-20-4-2-3-5-22(20)35)33-34(21-11-8-17(27)14-19(21)28)24(15)16-6-9-18(10-7-16)39-40(37,38)13-12-26(29,30)31/h6-11,14,20,22,35H,2-5,12-13H2,1H3,(H,32,36)/t20-,22+/m1/s1. The Morgan fingerprint density at radius 2 is 1.82 bits per heavy atom. The Bertz CT molecular complexity index is 1490. The lowest BCUT2D eigenvalue weighted by Gasteiger charge is -2.28. The molecular weight excluding hydrogens is 594 g/mol. The second kappa shape index (κ2) is 12.0. The predicted octanol–water partition coefficient (Wildman–Crippen LogP) is 5.85. The molecule has 4 rings (SSSR count). The summed E-state index contributed by atoms with van der Waals surface area (Å²) in [6.45, 7) is 1.68. The van der Waals surface area contributed by atoms with Crippen LogP contribution < -0.4 is 9.50 Å². The summed E-state index contributed by atoms with van der Waals surface area (Å²) in [6.07, 6.45) is -3.86. The Morgan fingerprint density at radius 1 is 1.15 bits per heavy atom. The smallest absolute Gasteiger partial charge is 0.390 e. The average molecular weight is 620 g/mol. The summed E-state index contributed by atoms with van der Waals surface area (Å²) >= 11 is 12.5. The van der Waals surface area contributed by atoms with Crippen LogP contribution in [0.1, 0.15) is 48.2 Å². The Balaban J connectivity index is 1.69. The van der Waals surface area contributed by atoms with E-state index < -0.39 is 46.5 Å². The molecule has 2 atom stereocenters. The number of aliphatic hydroxyl groups is 1. The fourth-order valence-corrected chi connectivity index (χ4v) is 5.95. The summed E-state index contributed by atoms with van der Waals surface area (Å²) < 4.78 is 67.7. The average Bonchev–Trinajstić information content (AvgIpc) is 3.21. The van der Waals surface area contributed by atoms with Crippen LogP contribution in [-0.4, -0.2) is 53.3 Å². The van der Waals surface area contributed by atoms with Gasteiger partial charge in [0.1, 0.15) is 5.75 Å². The van der Waals surface area contributed by atoms with Crippen molar-refractivity contribution in [2.75, 3.05) is 5.75 Å². The maximum absolute atomic E-state index is 13.3. The first-order valence-corrected chi connectivity index (χ1v) is 14.7. The zero-order valence-corrected chi connectivity index (χ0v) is 23.5. The van der Waals surface area contributed by atoms with Gasteiger partial charge in [-0.1, -0.05) is 36.0 Å². The SMILES string of the molecule is Cc1c(C(=O)N[C@@H]2CCCC[C@@H]2O)nn(-c2ccc(Cl)cc2Cl)c1-c1ccc(OS(=O)(=O)CCC(F)(F)F)cc1. The molecule has 1 amide bonds. The van der Waals surface area contributed by atoms with E-state index in [0.717, 1.165) is 12.8 Å². The Kier molecular flexibility index (Phi) is 9.03. The summed E-state index contributed by atoms with van der Waals surface area (Å²) in [5.41, 5.74) is 1.92. The summed E-state index contributed by atoms with van der Waals surface area (Å²) in [7, 11) is -4.48. The van der Waals surface area contributed by atoms with Crippen LogP contribution in [-0.2, 0) is 10.1 Å². The van der Waals surface area contributed by atoms with Crippen LogP contribution in [0.3, 0.4) is 0 Å². The van der Waals surface area contributed by atoms with Crippen LogP contribution in [0.2, 0.25) is 10.0 Å². The minimum Gasteiger partial charge on any atom is -0.391 e. The third-order valence-electron chi connectivity index (χ3n) is 6.51. The molecule has 14 heteroatoms. The van der Waals surface area contributed by atoms with Crippen molar-refractivity contribution >= 4 is 39.2 Å². The van der Waals surface area contributed by atoms with Crippen LogP contribution in [0.4, 0.5) is 13.2 Å². The van der Waals surface area contributed by atoms with Gasteiger partial charge in [0.05, 0.1) is 40.7 Å². The molecule has 1 aliphatic carbocycles. The molecule has 2 N–H and O–H groups in total. The number of aliphatic hydroxyl groups excluding tert-OH is 1. The molecule has 1 aromatic heterocycles. The molecule has 0 radical (unpaired) electrons. The second-order valence-corrected chi connectivity index (χ2v) is 12.0. The van der Waals surface area contributed by atoms with Gasteiger partial charge in [-0.3, -0.25) is 4.79 Å². The van der Waals surface area contributed by atoms with Crippen molar-refractivity contribution in [1.29, 1.82) is 0 Å². The van der Waals surface area contributed by atoms with Gasteiger partial charge in [-0.05, 0) is 62.2 Å². The van der Waals surface area contributed by atoms with Gasteiger partial charge in [0.2, 0.25) is 0 Å². The molecule has 40 heavy (non-hydrogen) atoms. The molecule has 1 fully saturated rings. The fourth-order valence-electron chi connectivity index (χ4n) is 4.49. The van der Waals surface area contributed by atoms with Crippen molar-refractivity contribution in [3.63, 3.8) is 0 Å². The van der Waals surface area contributed by atoms with Crippen LogP contribution in [0.15, 0.2) is 42.5 Å². The normalized spacial score (nSPS) is 18.0. The van der Waals surface area contributed by atoms with Gasteiger partial charge in [-0.15, -0.1) is 0 Å². The van der Waals surface area contributed by atoms with Gasteiger partial charge < -0.3 is 14.6 Å². The monoisotopic (exact) mass is 619 g/mol. The van der Waals surface area contributed by atoms with Crippen molar-refractivity contribution in [2.45, 2.75) is 57.3 Å². The Labute approximate surface area is 239 Å². The molecule has 1 heterocycles. The number of halogens is 5. The van der Waals surface area contributed by atoms with E-state index in [2.05, 4.69) is 10.4 Å². The lowest BCUT2D eigenvalue weighted by Crippen LogP contribution is -2.45. The highest BCUT2D eigenvalue weighted by molar-refractivity contribution is 7.87. The zero-order valence-electron chi connectivity index (χ0n) is 21.2. The minimum absolute atomic E-state index is 0.0915. The third kappa shape index (κ3) is 7.28. The van der Waals surface area contributed by atoms with Gasteiger partial charge in [0.25, 0.3) is 5.91 Å². The first-order chi connectivity index (χ1) is 18.7. The van der Waals surface area contributed by atoms with E-state index in [-0.39, 0.29) is 16.5 Å². The number of carbonyl (C=O) groups is 1. The van der Waals surface area contributed by atoms with Crippen LogP contribution in [0.5, 0.6) is 5.75 Å². The van der Waals surface area contributed by atoms with Gasteiger partial charge in [0, 0.05) is 16.1 Å². The summed E-state index contributed by atoms with van der Waals surface area (Å²) in [5, 5.41) is 18.3. The van der Waals surface area contributed by atoms with Gasteiger partial charge in [-0.25, -0.2) is 4.68 Å². The van der Waals surface area contributed by atoms with Crippen molar-refractivity contribution in [3.8, 4) is 22.7 Å². The maximum atomic E-state index is 13.3. The lowest BCUT2D eigenvalue weighted by molar-refractivity contribution is -0.130. The predicted molar refractivity (Wildman–Crippen MR) is 145 cm³/mol. The fraction of sp³-hybridized carbons (Fsp3) is 0.385. The van der Waals surface area contributed by atoms with Crippen molar-refractivity contribution in [2.24, 2.45) is 0 Å². The van der Waals surface area contributed by atoms with Crippen LogP contribution in [0, 0.1) is 6.92 Å². The molecular formula is C26H26Cl2F3N3O5S. The number of hydrogen-bond donors (Lipinski definition) is 2. The van der Waals surface area contributed by atoms with E-state index in [1.807, 2.05) is 0 Å². The summed E-state index contributed by atoms with van der Waals surface area (Å²) in [6, 6.07) is 9.89. The molecule has 2 aromatic carbocycles. The van der Waals surface area contributed by atoms with Gasteiger partial charge in [-0.2, -0.15) is 26.7 Å². The molecule has 0 aliphatic heterocycles. The highest BCUT2D eigenvalue weighted by Gasteiger charge is 2.31. The summed E-state index contributed by atoms with van der Waals surface area (Å²) in [5.74, 6) is -1.87. The first-order valence-electron chi connectivity index (χ1n) is 12.4. The van der Waals surface area contributed by atoms with Gasteiger partial charge >= 0.3 is 16.3 Å². The molecule has 0 unspecified atom stereocenters. The van der Waals surface area contributed by atoms with E-state index in [4.69, 9.17) is 27.4 Å². The zero-order chi connectivity index (χ0) is 29.2. The molecule has 0 saturated heterocycles. The molecule has 3 aromatic rings. The number of aromatic nitrogens is 2. The van der Waals surface area contributed by atoms with E-state index in [1.165, 1.54) is 35.0 Å². The molecule has 8 nitrogen and oxygen atoms in total. The van der Waals surface area contributed by atoms with E-state index in [9.17, 15) is 31.5 Å². The highest BCUT2D eigenvalue weighted by Crippen LogP contribution is 2.34. The summed E-state index contributed by atoms with van der Waals surface area (Å²) in [4.78, 5) is 13.3. The number of nitrogens with one attached hydrogen (secondary N) is 1. The Hall–Kier alpha value is -2.80. The molecule has 0 spiro atoms. The molecule has 0 bridgehead atoms. The largest absolute Gasteiger partial charge is 0.391 e. The number of hydrogen-bond acceptors (Lipinski definition) is 6. The quantitative estimate of drug-likeness (QED) is 0.306. The van der Waals surface area contributed by atoms with Gasteiger partial charge in [0.15, 0.2) is 5.69 Å². The van der Waals surface area contributed by atoms with Crippen molar-refractivity contribution in [1.82, 2.24) is 15.1 Å². The molecule has 1 aliphatic rings. The van der Waals surface area contributed by atoms with E-state index in [0.29, 0.717) is 40.4 Å². The number of nitrogens with zero attached hydrogens (tertiary/aromatic N) is 2. The van der Waals surface area contributed by atoms with E-state index >= 15 is 0 Å². The number of alkyl halides is 3. The number of rotatable bonds is 8. The number of amides is 1. The van der Waals surface area contributed by atoms with Crippen molar-refractivity contribution < 1.29 is 35.7 Å². The van der Waals surface area contributed by atoms with Crippen molar-refractivity contribution in [3.05, 3.63) is 63.8 Å². The first kappa shape index (κ1) is 30.2. The lowest BCUT2D eigenvalue weighted by atomic mass is 9.92. The molecule has 216 valence electrons. The van der Waals surface area contributed by atoms with Crippen LogP contribution >= 0.6 is 23.2 Å². The topological polar surface area (TPSA) is 111 Å². The maximum Gasteiger partial charge on any atom is 0.390 e. The second-order valence-electron chi connectivity index (χ2n) is 9.50. The third-order valence-corrected chi connectivity index (χ3v) is 8.20. The highest BCUT2D eigenvalue weighted by atomic mass is 35.5. The number of benzene rings is 2. The Morgan fingerprint density at radius 3 is 2.45 bits per heavy atom. The van der Waals surface area contributed by atoms with Crippen LogP contribution in [0.25, 0.3) is 16.9 Å². The molecule has 1 saturated carbocycles. The number of carbonyl (C=O) groups excluding carboxylic acids is 1. The van der Waals surface area contributed by atoms with E-state index in [1.54, 1.807) is 19.1 Å². The minimum atomic E-state index is -4.64.